The Morgan fingerprint density at radius 2 is 1.67 bits per heavy atom. The Bertz CT molecular complexity index is 617. The maximum Gasteiger partial charge on any atom is 0.329 e. The van der Waals surface area contributed by atoms with Crippen LogP contribution in [0.1, 0.15) is 23.6 Å². The van der Waals surface area contributed by atoms with Gasteiger partial charge in [-0.1, -0.05) is 36.4 Å². The fraction of sp³-hybridized carbons (Fsp3) is 0.278. The number of aliphatic carboxylic acids is 1. The van der Waals surface area contributed by atoms with Crippen molar-refractivity contribution < 1.29 is 9.90 Å². The molecule has 3 heteroatoms. The average molecular weight is 283 g/mol. The topological polar surface area (TPSA) is 49.3 Å². The van der Waals surface area contributed by atoms with E-state index >= 15 is 0 Å². The van der Waals surface area contributed by atoms with E-state index in [1.165, 1.54) is 0 Å². The molecule has 21 heavy (non-hydrogen) atoms. The molecular weight excluding hydrogens is 262 g/mol. The first-order chi connectivity index (χ1) is 9.89. The molecule has 0 aromatic heterocycles. The fourth-order valence-corrected chi connectivity index (χ4v) is 2.54. The van der Waals surface area contributed by atoms with Crippen LogP contribution in [-0.2, 0) is 11.2 Å². The molecule has 0 aliphatic carbocycles. The molecule has 1 atom stereocenters. The highest BCUT2D eigenvalue weighted by molar-refractivity contribution is 5.82. The van der Waals surface area contributed by atoms with Crippen molar-refractivity contribution in [3.63, 3.8) is 0 Å². The molecule has 2 rings (SSSR count). The summed E-state index contributed by atoms with van der Waals surface area (Å²) < 4.78 is 0. The second kappa shape index (κ2) is 6.00. The van der Waals surface area contributed by atoms with Crippen LogP contribution in [0.15, 0.2) is 48.5 Å². The fourth-order valence-electron chi connectivity index (χ4n) is 2.54. The molecule has 0 heterocycles. The van der Waals surface area contributed by atoms with Gasteiger partial charge in [0.05, 0.1) is 0 Å². The van der Waals surface area contributed by atoms with Crippen molar-refractivity contribution in [2.45, 2.75) is 32.7 Å². The molecule has 0 spiro atoms. The van der Waals surface area contributed by atoms with Gasteiger partial charge in [0.15, 0.2) is 0 Å². The SMILES string of the molecule is Cc1cc(C)cc(NC(C)(Cc2ccccc2)C(=O)O)c1. The summed E-state index contributed by atoms with van der Waals surface area (Å²) in [6.07, 6.45) is 0.427. The molecule has 2 aromatic rings. The summed E-state index contributed by atoms with van der Waals surface area (Å²) in [5.41, 5.74) is 3.03. The van der Waals surface area contributed by atoms with Crippen LogP contribution >= 0.6 is 0 Å². The number of benzene rings is 2. The van der Waals surface area contributed by atoms with Crippen molar-refractivity contribution in [3.05, 3.63) is 65.2 Å². The van der Waals surface area contributed by atoms with E-state index in [1.807, 2.05) is 56.3 Å². The monoisotopic (exact) mass is 283 g/mol. The van der Waals surface area contributed by atoms with Crippen molar-refractivity contribution in [2.24, 2.45) is 0 Å². The van der Waals surface area contributed by atoms with Gasteiger partial charge in [-0.15, -0.1) is 0 Å². The van der Waals surface area contributed by atoms with E-state index in [0.29, 0.717) is 6.42 Å². The quantitative estimate of drug-likeness (QED) is 0.877. The maximum atomic E-state index is 11.7. The number of carboxylic acids is 1. The Morgan fingerprint density at radius 1 is 1.10 bits per heavy atom. The van der Waals surface area contributed by atoms with Gasteiger partial charge in [-0.05, 0) is 49.6 Å². The van der Waals surface area contributed by atoms with E-state index in [1.54, 1.807) is 6.92 Å². The summed E-state index contributed by atoms with van der Waals surface area (Å²) in [4.78, 5) is 11.7. The molecule has 2 N–H and O–H groups in total. The number of carbonyl (C=O) groups is 1. The number of rotatable bonds is 5. The Kier molecular flexibility index (Phi) is 4.32. The minimum atomic E-state index is -1.04. The highest BCUT2D eigenvalue weighted by Gasteiger charge is 2.33. The van der Waals surface area contributed by atoms with Gasteiger partial charge in [0.2, 0.25) is 0 Å². The average Bonchev–Trinajstić information content (AvgIpc) is 2.38. The molecule has 0 aliphatic rings. The third kappa shape index (κ3) is 3.85. The lowest BCUT2D eigenvalue weighted by molar-refractivity contribution is -0.141. The number of carboxylic acid groups (broad SMARTS) is 1. The first kappa shape index (κ1) is 15.1. The highest BCUT2D eigenvalue weighted by atomic mass is 16.4. The summed E-state index contributed by atoms with van der Waals surface area (Å²) in [5.74, 6) is -0.856. The Balaban J connectivity index is 2.27. The van der Waals surface area contributed by atoms with Gasteiger partial charge in [0, 0.05) is 12.1 Å². The molecule has 0 aliphatic heterocycles. The largest absolute Gasteiger partial charge is 0.480 e. The number of hydrogen-bond acceptors (Lipinski definition) is 2. The van der Waals surface area contributed by atoms with Gasteiger partial charge in [0.1, 0.15) is 5.54 Å². The van der Waals surface area contributed by atoms with Crippen LogP contribution in [0.5, 0.6) is 0 Å². The standard InChI is InChI=1S/C18H21NO2/c1-13-9-14(2)11-16(10-13)19-18(3,17(20)21)12-15-7-5-4-6-8-15/h4-11,19H,12H2,1-3H3,(H,20,21). The molecule has 0 saturated heterocycles. The van der Waals surface area contributed by atoms with Crippen molar-refractivity contribution >= 4 is 11.7 Å². The molecule has 1 unspecified atom stereocenters. The zero-order chi connectivity index (χ0) is 15.5. The lowest BCUT2D eigenvalue weighted by atomic mass is 9.92. The van der Waals surface area contributed by atoms with Gasteiger partial charge >= 0.3 is 5.97 Å². The first-order valence-electron chi connectivity index (χ1n) is 7.03. The number of anilines is 1. The molecular formula is C18H21NO2. The molecule has 0 bridgehead atoms. The zero-order valence-corrected chi connectivity index (χ0v) is 12.7. The molecule has 0 fully saturated rings. The van der Waals surface area contributed by atoms with E-state index in [4.69, 9.17) is 0 Å². The highest BCUT2D eigenvalue weighted by Crippen LogP contribution is 2.22. The van der Waals surface area contributed by atoms with Gasteiger partial charge in [-0.3, -0.25) is 0 Å². The minimum Gasteiger partial charge on any atom is -0.480 e. The Morgan fingerprint density at radius 3 is 2.19 bits per heavy atom. The van der Waals surface area contributed by atoms with E-state index in [2.05, 4.69) is 11.4 Å². The van der Waals surface area contributed by atoms with Gasteiger partial charge in [-0.2, -0.15) is 0 Å². The van der Waals surface area contributed by atoms with E-state index < -0.39 is 11.5 Å². The van der Waals surface area contributed by atoms with Gasteiger partial charge in [-0.25, -0.2) is 4.79 Å². The van der Waals surface area contributed by atoms with Crippen LogP contribution in [0.25, 0.3) is 0 Å². The van der Waals surface area contributed by atoms with Crippen molar-refractivity contribution in [2.75, 3.05) is 5.32 Å². The summed E-state index contributed by atoms with van der Waals surface area (Å²) in [6.45, 7) is 5.74. The van der Waals surface area contributed by atoms with Crippen LogP contribution in [0.4, 0.5) is 5.69 Å². The summed E-state index contributed by atoms with van der Waals surface area (Å²) in [6, 6.07) is 15.7. The normalized spacial score (nSPS) is 13.5. The number of aryl methyl sites for hydroxylation is 2. The van der Waals surface area contributed by atoms with Crippen molar-refractivity contribution in [1.82, 2.24) is 0 Å². The molecule has 0 saturated carbocycles. The first-order valence-corrected chi connectivity index (χ1v) is 7.03. The predicted octanol–water partition coefficient (Wildman–Crippen LogP) is 3.80. The van der Waals surface area contributed by atoms with Crippen molar-refractivity contribution in [3.8, 4) is 0 Å². The molecule has 3 nitrogen and oxygen atoms in total. The minimum absolute atomic E-state index is 0.427. The van der Waals surface area contributed by atoms with E-state index in [-0.39, 0.29) is 0 Å². The number of hydrogen-bond donors (Lipinski definition) is 2. The molecule has 0 amide bonds. The van der Waals surface area contributed by atoms with Gasteiger partial charge in [0.25, 0.3) is 0 Å². The predicted molar refractivity (Wildman–Crippen MR) is 85.7 cm³/mol. The third-order valence-electron chi connectivity index (χ3n) is 3.51. The zero-order valence-electron chi connectivity index (χ0n) is 12.7. The molecule has 0 radical (unpaired) electrons. The smallest absolute Gasteiger partial charge is 0.329 e. The van der Waals surface area contributed by atoms with E-state index in [0.717, 1.165) is 22.4 Å². The van der Waals surface area contributed by atoms with Crippen LogP contribution in [0.2, 0.25) is 0 Å². The van der Waals surface area contributed by atoms with Crippen LogP contribution in [0.3, 0.4) is 0 Å². The molecule has 2 aromatic carbocycles. The molecule has 110 valence electrons. The van der Waals surface area contributed by atoms with Crippen LogP contribution in [0, 0.1) is 13.8 Å². The Labute approximate surface area is 125 Å². The Hall–Kier alpha value is -2.29. The summed E-state index contributed by atoms with van der Waals surface area (Å²) in [5, 5.41) is 12.8. The number of nitrogens with one attached hydrogen (secondary N) is 1. The second-order valence-corrected chi connectivity index (χ2v) is 5.80. The van der Waals surface area contributed by atoms with E-state index in [9.17, 15) is 9.90 Å². The summed E-state index contributed by atoms with van der Waals surface area (Å²) in [7, 11) is 0. The second-order valence-electron chi connectivity index (χ2n) is 5.80. The third-order valence-corrected chi connectivity index (χ3v) is 3.51. The lowest BCUT2D eigenvalue weighted by Crippen LogP contribution is -2.45. The lowest BCUT2D eigenvalue weighted by Gasteiger charge is -2.28. The van der Waals surface area contributed by atoms with Crippen LogP contribution in [-0.4, -0.2) is 16.6 Å². The maximum absolute atomic E-state index is 11.7. The van der Waals surface area contributed by atoms with Crippen molar-refractivity contribution in [1.29, 1.82) is 0 Å². The summed E-state index contributed by atoms with van der Waals surface area (Å²) >= 11 is 0. The van der Waals surface area contributed by atoms with Crippen LogP contribution < -0.4 is 5.32 Å². The van der Waals surface area contributed by atoms with Gasteiger partial charge < -0.3 is 10.4 Å².